The Morgan fingerprint density at radius 2 is 2.00 bits per heavy atom. The largest absolute Gasteiger partial charge is 0.508 e. The number of rotatable bonds is 5. The lowest BCUT2D eigenvalue weighted by atomic mass is 10.1. The number of hydrogen-bond acceptors (Lipinski definition) is 8. The van der Waals surface area contributed by atoms with E-state index >= 15 is 0 Å². The highest BCUT2D eigenvalue weighted by Crippen LogP contribution is 2.26. The molecular formula is C21H23N5O2S. The van der Waals surface area contributed by atoms with Crippen molar-refractivity contribution in [1.82, 2.24) is 15.0 Å². The molecule has 1 aliphatic heterocycles. The molecule has 1 aromatic carbocycles. The Morgan fingerprint density at radius 1 is 1.17 bits per heavy atom. The number of hydrogen-bond donors (Lipinski definition) is 3. The van der Waals surface area contributed by atoms with E-state index in [9.17, 15) is 10.2 Å². The van der Waals surface area contributed by atoms with Gasteiger partial charge in [0, 0.05) is 30.2 Å². The third-order valence-electron chi connectivity index (χ3n) is 4.68. The Kier molecular flexibility index (Phi) is 5.73. The normalized spacial score (nSPS) is 15.2. The molecule has 150 valence electrons. The predicted molar refractivity (Wildman–Crippen MR) is 117 cm³/mol. The Morgan fingerprint density at radius 3 is 2.79 bits per heavy atom. The number of nitrogens with one attached hydrogen (secondary N) is 1. The van der Waals surface area contributed by atoms with Crippen LogP contribution < -0.4 is 10.2 Å². The minimum atomic E-state index is -0.214. The fourth-order valence-electron chi connectivity index (χ4n) is 3.21. The van der Waals surface area contributed by atoms with Gasteiger partial charge in [-0.15, -0.1) is 0 Å². The summed E-state index contributed by atoms with van der Waals surface area (Å²) in [4.78, 5) is 16.6. The van der Waals surface area contributed by atoms with Crippen LogP contribution in [0.1, 0.15) is 29.1 Å². The molecule has 7 nitrogen and oxygen atoms in total. The number of aliphatic hydroxyl groups excluding tert-OH is 1. The molecule has 0 aliphatic carbocycles. The first-order valence-electron chi connectivity index (χ1n) is 9.54. The summed E-state index contributed by atoms with van der Waals surface area (Å²) in [5, 5.41) is 23.3. The number of piperidine rings is 1. The molecule has 3 N–H and O–H groups in total. The number of phenols is 1. The standard InChI is InChI=1S/C21H23N5O2S/c1-14-23-19(12-20(24-14)26-9-7-16(27)8-10-26)25-21-22-13-18(29-21)6-5-15-3-2-4-17(28)11-15/h2-6,11-13,16,27-28H,7-10H2,1H3,(H,22,23,24,25)/b6-5-. The van der Waals surface area contributed by atoms with Crippen LogP contribution in [0.5, 0.6) is 5.75 Å². The van der Waals surface area contributed by atoms with Gasteiger partial charge in [0.15, 0.2) is 5.13 Å². The average Bonchev–Trinajstić information content (AvgIpc) is 3.14. The van der Waals surface area contributed by atoms with Crippen molar-refractivity contribution in [1.29, 1.82) is 0 Å². The third-order valence-corrected chi connectivity index (χ3v) is 5.56. The Bertz CT molecular complexity index is 1010. The maximum atomic E-state index is 9.71. The Labute approximate surface area is 173 Å². The Hall–Kier alpha value is -2.97. The highest BCUT2D eigenvalue weighted by Gasteiger charge is 2.19. The van der Waals surface area contributed by atoms with E-state index in [-0.39, 0.29) is 11.9 Å². The first kappa shape index (κ1) is 19.4. The van der Waals surface area contributed by atoms with Crippen LogP contribution in [0.3, 0.4) is 0 Å². The van der Waals surface area contributed by atoms with Crippen LogP contribution in [0.15, 0.2) is 36.5 Å². The Balaban J connectivity index is 1.46. The first-order chi connectivity index (χ1) is 14.0. The molecule has 0 bridgehead atoms. The molecule has 3 heterocycles. The highest BCUT2D eigenvalue weighted by atomic mass is 32.1. The molecule has 4 rings (SSSR count). The molecule has 0 radical (unpaired) electrons. The van der Waals surface area contributed by atoms with E-state index in [2.05, 4.69) is 25.2 Å². The van der Waals surface area contributed by atoms with Gasteiger partial charge in [-0.2, -0.15) is 0 Å². The van der Waals surface area contributed by atoms with Gasteiger partial charge in [-0.1, -0.05) is 29.5 Å². The van der Waals surface area contributed by atoms with Crippen LogP contribution in [0, 0.1) is 6.92 Å². The summed E-state index contributed by atoms with van der Waals surface area (Å²) in [5.41, 5.74) is 0.927. The van der Waals surface area contributed by atoms with E-state index in [1.807, 2.05) is 37.3 Å². The van der Waals surface area contributed by atoms with E-state index in [1.54, 1.807) is 18.3 Å². The number of aryl methyl sites for hydroxylation is 1. The molecule has 1 fully saturated rings. The smallest absolute Gasteiger partial charge is 0.188 e. The summed E-state index contributed by atoms with van der Waals surface area (Å²) in [6.07, 6.45) is 7.00. The van der Waals surface area contributed by atoms with Gasteiger partial charge in [-0.05, 0) is 43.5 Å². The molecule has 29 heavy (non-hydrogen) atoms. The van der Waals surface area contributed by atoms with Gasteiger partial charge in [-0.3, -0.25) is 0 Å². The summed E-state index contributed by atoms with van der Waals surface area (Å²) in [7, 11) is 0. The van der Waals surface area contributed by atoms with E-state index in [0.29, 0.717) is 11.6 Å². The van der Waals surface area contributed by atoms with Gasteiger partial charge in [0.1, 0.15) is 23.2 Å². The quantitative estimate of drug-likeness (QED) is 0.590. The molecule has 0 spiro atoms. The molecule has 2 aromatic heterocycles. The van der Waals surface area contributed by atoms with Crippen molar-refractivity contribution < 1.29 is 10.2 Å². The summed E-state index contributed by atoms with van der Waals surface area (Å²) in [6, 6.07) is 9.03. The molecule has 1 saturated heterocycles. The average molecular weight is 410 g/mol. The van der Waals surface area contributed by atoms with E-state index < -0.39 is 0 Å². The van der Waals surface area contributed by atoms with Crippen LogP contribution in [-0.2, 0) is 0 Å². The fraction of sp³-hybridized carbons (Fsp3) is 0.286. The molecular weight excluding hydrogens is 386 g/mol. The van der Waals surface area contributed by atoms with Gasteiger partial charge in [0.05, 0.1) is 6.10 Å². The van der Waals surface area contributed by atoms with Gasteiger partial charge >= 0.3 is 0 Å². The lowest BCUT2D eigenvalue weighted by Crippen LogP contribution is -2.36. The lowest BCUT2D eigenvalue weighted by molar-refractivity contribution is 0.145. The fourth-order valence-corrected chi connectivity index (χ4v) is 3.94. The van der Waals surface area contributed by atoms with Crippen molar-refractivity contribution in [2.45, 2.75) is 25.9 Å². The summed E-state index contributed by atoms with van der Waals surface area (Å²) in [5.74, 6) is 2.51. The molecule has 0 saturated carbocycles. The predicted octanol–water partition coefficient (Wildman–Crippen LogP) is 3.82. The third kappa shape index (κ3) is 5.10. The van der Waals surface area contributed by atoms with E-state index in [1.165, 1.54) is 11.3 Å². The van der Waals surface area contributed by atoms with Crippen molar-refractivity contribution in [2.24, 2.45) is 0 Å². The van der Waals surface area contributed by atoms with Gasteiger partial charge in [0.25, 0.3) is 0 Å². The molecule has 1 aliphatic rings. The number of anilines is 3. The number of phenolic OH excluding ortho intramolecular Hbond substituents is 1. The summed E-state index contributed by atoms with van der Waals surface area (Å²) >= 11 is 1.52. The van der Waals surface area contributed by atoms with Gasteiger partial charge in [0.2, 0.25) is 0 Å². The van der Waals surface area contributed by atoms with Crippen molar-refractivity contribution in [3.63, 3.8) is 0 Å². The van der Waals surface area contributed by atoms with Crippen molar-refractivity contribution in [3.05, 3.63) is 52.8 Å². The van der Waals surface area contributed by atoms with Crippen molar-refractivity contribution in [3.8, 4) is 5.75 Å². The number of benzene rings is 1. The molecule has 8 heteroatoms. The second kappa shape index (κ2) is 8.59. The zero-order valence-corrected chi connectivity index (χ0v) is 16.9. The zero-order valence-electron chi connectivity index (χ0n) is 16.1. The number of aromatic hydroxyl groups is 1. The number of thiazole rings is 1. The second-order valence-electron chi connectivity index (χ2n) is 7.00. The molecule has 0 unspecified atom stereocenters. The van der Waals surface area contributed by atoms with E-state index in [4.69, 9.17) is 0 Å². The van der Waals surface area contributed by atoms with Crippen LogP contribution in [-0.4, -0.2) is 44.4 Å². The highest BCUT2D eigenvalue weighted by molar-refractivity contribution is 7.16. The van der Waals surface area contributed by atoms with Crippen molar-refractivity contribution in [2.75, 3.05) is 23.3 Å². The minimum absolute atomic E-state index is 0.214. The molecule has 3 aromatic rings. The lowest BCUT2D eigenvalue weighted by Gasteiger charge is -2.30. The van der Waals surface area contributed by atoms with Crippen LogP contribution in [0.4, 0.5) is 16.8 Å². The monoisotopic (exact) mass is 409 g/mol. The van der Waals surface area contributed by atoms with Crippen LogP contribution >= 0.6 is 11.3 Å². The number of nitrogens with zero attached hydrogens (tertiary/aromatic N) is 4. The van der Waals surface area contributed by atoms with Crippen LogP contribution in [0.2, 0.25) is 0 Å². The molecule has 0 amide bonds. The van der Waals surface area contributed by atoms with E-state index in [0.717, 1.165) is 47.3 Å². The minimum Gasteiger partial charge on any atom is -0.508 e. The van der Waals surface area contributed by atoms with Crippen LogP contribution in [0.25, 0.3) is 12.2 Å². The first-order valence-corrected chi connectivity index (χ1v) is 10.4. The van der Waals surface area contributed by atoms with Gasteiger partial charge < -0.3 is 20.4 Å². The topological polar surface area (TPSA) is 94.4 Å². The maximum absolute atomic E-state index is 9.71. The van der Waals surface area contributed by atoms with Gasteiger partial charge in [-0.25, -0.2) is 15.0 Å². The maximum Gasteiger partial charge on any atom is 0.188 e. The zero-order chi connectivity index (χ0) is 20.2. The number of aromatic nitrogens is 3. The second-order valence-corrected chi connectivity index (χ2v) is 8.06. The SMILES string of the molecule is Cc1nc(Nc2ncc(/C=C\c3cccc(O)c3)s2)cc(N2CCC(O)CC2)n1. The van der Waals surface area contributed by atoms with Crippen molar-refractivity contribution >= 4 is 40.3 Å². The number of aliphatic hydroxyl groups is 1. The molecule has 0 atom stereocenters. The summed E-state index contributed by atoms with van der Waals surface area (Å²) in [6.45, 7) is 3.45. The summed E-state index contributed by atoms with van der Waals surface area (Å²) < 4.78 is 0.